The Morgan fingerprint density at radius 3 is 2.71 bits per heavy atom. The number of rotatable bonds is 2. The molecule has 1 aromatic heterocycles. The van der Waals surface area contributed by atoms with Gasteiger partial charge in [-0.25, -0.2) is 0 Å². The minimum absolute atomic E-state index is 0.731. The number of methoxy groups -OCH3 is 1. The summed E-state index contributed by atoms with van der Waals surface area (Å²) in [7, 11) is 1.62. The molecule has 0 aliphatic heterocycles. The summed E-state index contributed by atoms with van der Waals surface area (Å²) in [5, 5.41) is 11.3. The fourth-order valence-corrected chi connectivity index (χ4v) is 1.26. The lowest BCUT2D eigenvalue weighted by molar-refractivity contribution is 0.411. The molecule has 2 rings (SSSR count). The van der Waals surface area contributed by atoms with Gasteiger partial charge in [-0.15, -0.1) is 5.10 Å². The highest BCUT2D eigenvalue weighted by atomic mass is 16.5. The summed E-state index contributed by atoms with van der Waals surface area (Å²) in [6, 6.07) is 7.60. The third-order valence-corrected chi connectivity index (χ3v) is 1.94. The summed E-state index contributed by atoms with van der Waals surface area (Å²) in [4.78, 5) is 0. The highest BCUT2D eigenvalue weighted by Crippen LogP contribution is 2.21. The maximum absolute atomic E-state index is 5.21. The van der Waals surface area contributed by atoms with Crippen LogP contribution < -0.4 is 4.74 Å². The first-order valence-electron chi connectivity index (χ1n) is 4.21. The van der Waals surface area contributed by atoms with E-state index in [1.54, 1.807) is 11.8 Å². The Morgan fingerprint density at radius 1 is 1.29 bits per heavy atom. The average molecular weight is 190 g/mol. The van der Waals surface area contributed by atoms with E-state index in [9.17, 15) is 0 Å². The number of aryl methyl sites for hydroxylation is 1. The van der Waals surface area contributed by atoms with E-state index in [1.165, 1.54) is 0 Å². The van der Waals surface area contributed by atoms with Gasteiger partial charge in [-0.3, -0.25) is 0 Å². The topological polar surface area (TPSA) is 52.8 Å². The van der Waals surface area contributed by atoms with Gasteiger partial charge in [-0.2, -0.15) is 4.68 Å². The molecule has 0 unspecified atom stereocenters. The van der Waals surface area contributed by atoms with Crippen molar-refractivity contribution >= 4 is 0 Å². The molecule has 0 aliphatic rings. The van der Waals surface area contributed by atoms with Crippen LogP contribution in [0.4, 0.5) is 0 Å². The van der Waals surface area contributed by atoms with Crippen LogP contribution in [0, 0.1) is 6.92 Å². The molecule has 0 saturated heterocycles. The van der Waals surface area contributed by atoms with Crippen molar-refractivity contribution < 1.29 is 4.74 Å². The van der Waals surface area contributed by atoms with Crippen LogP contribution in [-0.2, 0) is 0 Å². The molecule has 5 heteroatoms. The molecule has 0 spiro atoms. The minimum atomic E-state index is 0.731. The van der Waals surface area contributed by atoms with Crippen molar-refractivity contribution in [3.8, 4) is 11.4 Å². The van der Waals surface area contributed by atoms with Gasteiger partial charge in [0.05, 0.1) is 7.11 Å². The molecule has 1 aromatic carbocycles. The van der Waals surface area contributed by atoms with Crippen LogP contribution in [0.3, 0.4) is 0 Å². The molecule has 2 aromatic rings. The first-order valence-corrected chi connectivity index (χ1v) is 4.21. The van der Waals surface area contributed by atoms with Gasteiger partial charge in [0, 0.05) is 0 Å². The Bertz CT molecular complexity index is 438. The summed E-state index contributed by atoms with van der Waals surface area (Å²) in [5.74, 6) is 1.48. The molecule has 0 atom stereocenters. The van der Waals surface area contributed by atoms with E-state index in [1.807, 2.05) is 31.2 Å². The molecule has 0 radical (unpaired) electrons. The normalized spacial score (nSPS) is 10.1. The number of benzene rings is 1. The molecular weight excluding hydrogens is 180 g/mol. The lowest BCUT2D eigenvalue weighted by Crippen LogP contribution is -2.01. The molecule has 0 saturated carbocycles. The third kappa shape index (κ3) is 1.32. The van der Waals surface area contributed by atoms with Crippen molar-refractivity contribution in [3.63, 3.8) is 0 Å². The Balaban J connectivity index is 2.56. The van der Waals surface area contributed by atoms with Crippen LogP contribution >= 0.6 is 0 Å². The van der Waals surface area contributed by atoms with Gasteiger partial charge < -0.3 is 4.74 Å². The number of ether oxygens (including phenoxy) is 1. The van der Waals surface area contributed by atoms with Crippen LogP contribution in [0.5, 0.6) is 5.75 Å². The van der Waals surface area contributed by atoms with E-state index in [4.69, 9.17) is 4.74 Å². The zero-order valence-corrected chi connectivity index (χ0v) is 8.01. The lowest BCUT2D eigenvalue weighted by atomic mass is 10.3. The molecule has 72 valence electrons. The average Bonchev–Trinajstić information content (AvgIpc) is 2.64. The van der Waals surface area contributed by atoms with Crippen molar-refractivity contribution in [2.24, 2.45) is 0 Å². The van der Waals surface area contributed by atoms with E-state index in [0.29, 0.717) is 0 Å². The van der Waals surface area contributed by atoms with Crippen molar-refractivity contribution in [3.05, 3.63) is 30.1 Å². The monoisotopic (exact) mass is 190 g/mol. The molecule has 0 N–H and O–H groups in total. The van der Waals surface area contributed by atoms with Crippen molar-refractivity contribution in [2.45, 2.75) is 6.92 Å². The van der Waals surface area contributed by atoms with E-state index in [0.717, 1.165) is 17.3 Å². The molecule has 0 fully saturated rings. The molecule has 0 amide bonds. The van der Waals surface area contributed by atoms with Crippen LogP contribution in [0.25, 0.3) is 5.69 Å². The smallest absolute Gasteiger partial charge is 0.153 e. The van der Waals surface area contributed by atoms with E-state index >= 15 is 0 Å². The zero-order valence-electron chi connectivity index (χ0n) is 8.01. The summed E-state index contributed by atoms with van der Waals surface area (Å²) in [6.07, 6.45) is 0. The Morgan fingerprint density at radius 2 is 2.07 bits per heavy atom. The Kier molecular flexibility index (Phi) is 2.14. The lowest BCUT2D eigenvalue weighted by Gasteiger charge is -2.07. The molecule has 1 heterocycles. The Hall–Kier alpha value is -1.91. The second kappa shape index (κ2) is 3.45. The SMILES string of the molecule is COc1ccccc1-n1nnnc1C. The fourth-order valence-electron chi connectivity index (χ4n) is 1.26. The quantitative estimate of drug-likeness (QED) is 0.708. The molecule has 14 heavy (non-hydrogen) atoms. The molecule has 0 aliphatic carbocycles. The predicted molar refractivity (Wildman–Crippen MR) is 50.4 cm³/mol. The van der Waals surface area contributed by atoms with E-state index < -0.39 is 0 Å². The number of nitrogens with zero attached hydrogens (tertiary/aromatic N) is 4. The summed E-state index contributed by atoms with van der Waals surface area (Å²) in [6.45, 7) is 1.84. The second-order valence-electron chi connectivity index (χ2n) is 2.81. The molecular formula is C9H10N4O. The zero-order chi connectivity index (χ0) is 9.97. The van der Waals surface area contributed by atoms with Gasteiger partial charge in [0.25, 0.3) is 0 Å². The Labute approximate surface area is 81.3 Å². The first kappa shape index (κ1) is 8.68. The van der Waals surface area contributed by atoms with Crippen LogP contribution in [0.15, 0.2) is 24.3 Å². The predicted octanol–water partition coefficient (Wildman–Crippen LogP) is 0.979. The number of para-hydroxylation sites is 2. The van der Waals surface area contributed by atoms with E-state index in [2.05, 4.69) is 15.5 Å². The van der Waals surface area contributed by atoms with Crippen molar-refractivity contribution in [1.82, 2.24) is 20.2 Å². The minimum Gasteiger partial charge on any atom is -0.494 e. The van der Waals surface area contributed by atoms with Gasteiger partial charge in [-0.1, -0.05) is 12.1 Å². The maximum Gasteiger partial charge on any atom is 0.153 e. The highest BCUT2D eigenvalue weighted by Gasteiger charge is 2.07. The molecule has 0 bridgehead atoms. The third-order valence-electron chi connectivity index (χ3n) is 1.94. The van der Waals surface area contributed by atoms with Gasteiger partial charge in [-0.05, 0) is 29.5 Å². The number of hydrogen-bond acceptors (Lipinski definition) is 4. The van der Waals surface area contributed by atoms with Gasteiger partial charge in [0.2, 0.25) is 0 Å². The van der Waals surface area contributed by atoms with Crippen molar-refractivity contribution in [2.75, 3.05) is 7.11 Å². The summed E-state index contributed by atoms with van der Waals surface area (Å²) in [5.41, 5.74) is 0.845. The van der Waals surface area contributed by atoms with Gasteiger partial charge in [0.1, 0.15) is 11.4 Å². The van der Waals surface area contributed by atoms with Gasteiger partial charge >= 0.3 is 0 Å². The van der Waals surface area contributed by atoms with Crippen LogP contribution in [0.2, 0.25) is 0 Å². The standard InChI is InChI=1S/C9H10N4O/c1-7-10-11-12-13(7)8-5-3-4-6-9(8)14-2/h3-6H,1-2H3. The number of aromatic nitrogens is 4. The van der Waals surface area contributed by atoms with Crippen molar-refractivity contribution in [1.29, 1.82) is 0 Å². The highest BCUT2D eigenvalue weighted by molar-refractivity contribution is 5.45. The van der Waals surface area contributed by atoms with Crippen LogP contribution in [0.1, 0.15) is 5.82 Å². The molecule has 5 nitrogen and oxygen atoms in total. The first-order chi connectivity index (χ1) is 6.83. The van der Waals surface area contributed by atoms with E-state index in [-0.39, 0.29) is 0 Å². The maximum atomic E-state index is 5.21. The summed E-state index contributed by atoms with van der Waals surface area (Å²) < 4.78 is 6.85. The fraction of sp³-hybridized carbons (Fsp3) is 0.222. The van der Waals surface area contributed by atoms with Gasteiger partial charge in [0.15, 0.2) is 5.82 Å². The number of hydrogen-bond donors (Lipinski definition) is 0. The number of tetrazole rings is 1. The summed E-state index contributed by atoms with van der Waals surface area (Å²) >= 11 is 0. The second-order valence-corrected chi connectivity index (χ2v) is 2.81. The van der Waals surface area contributed by atoms with Crippen LogP contribution in [-0.4, -0.2) is 27.3 Å². The largest absolute Gasteiger partial charge is 0.494 e.